The highest BCUT2D eigenvalue weighted by atomic mass is 16.5. The molecule has 2 aromatic carbocycles. The minimum absolute atomic E-state index is 0.137. The van der Waals surface area contributed by atoms with Gasteiger partial charge in [-0.05, 0) is 68.1 Å². The van der Waals surface area contributed by atoms with Crippen molar-refractivity contribution < 1.29 is 19.1 Å². The van der Waals surface area contributed by atoms with Gasteiger partial charge in [0.1, 0.15) is 17.5 Å². The van der Waals surface area contributed by atoms with Crippen LogP contribution in [0.15, 0.2) is 42.5 Å². The smallest absolute Gasteiger partial charge is 0.261 e. The molecule has 6 heteroatoms. The van der Waals surface area contributed by atoms with Crippen molar-refractivity contribution in [3.05, 3.63) is 59.2 Å². The van der Waals surface area contributed by atoms with Crippen molar-refractivity contribution in [3.8, 4) is 11.5 Å². The van der Waals surface area contributed by atoms with E-state index in [0.29, 0.717) is 31.0 Å². The molecule has 0 bridgehead atoms. The molecule has 2 aromatic rings. The summed E-state index contributed by atoms with van der Waals surface area (Å²) < 4.78 is 11.0. The SMILES string of the molecule is CCNC(=O)[C@@H](CC)N(Cc1cccc(OC)c1)C(=O)COc1ccc(C)c(C)c1. The number of carbonyl (C=O) groups excluding carboxylic acids is 2. The Morgan fingerprint density at radius 2 is 1.80 bits per heavy atom. The summed E-state index contributed by atoms with van der Waals surface area (Å²) in [5.74, 6) is 0.938. The molecule has 0 aliphatic heterocycles. The van der Waals surface area contributed by atoms with E-state index in [1.807, 2.05) is 70.2 Å². The first-order valence-corrected chi connectivity index (χ1v) is 10.3. The first-order valence-electron chi connectivity index (χ1n) is 10.3. The maximum absolute atomic E-state index is 13.1. The van der Waals surface area contributed by atoms with Crippen LogP contribution in [0, 0.1) is 13.8 Å². The highest BCUT2D eigenvalue weighted by Crippen LogP contribution is 2.19. The van der Waals surface area contributed by atoms with E-state index in [1.165, 1.54) is 0 Å². The minimum atomic E-state index is -0.577. The summed E-state index contributed by atoms with van der Waals surface area (Å²) in [6.45, 7) is 8.46. The van der Waals surface area contributed by atoms with Gasteiger partial charge in [-0.25, -0.2) is 0 Å². The number of aryl methyl sites for hydroxylation is 2. The van der Waals surface area contributed by atoms with E-state index in [2.05, 4.69) is 5.32 Å². The van der Waals surface area contributed by atoms with E-state index in [-0.39, 0.29) is 18.4 Å². The predicted octanol–water partition coefficient (Wildman–Crippen LogP) is 3.63. The monoisotopic (exact) mass is 412 g/mol. The van der Waals surface area contributed by atoms with E-state index in [1.54, 1.807) is 12.0 Å². The number of carbonyl (C=O) groups is 2. The molecule has 2 rings (SSSR count). The fourth-order valence-corrected chi connectivity index (χ4v) is 3.21. The number of hydrogen-bond acceptors (Lipinski definition) is 4. The average molecular weight is 413 g/mol. The second kappa shape index (κ2) is 11.2. The van der Waals surface area contributed by atoms with Gasteiger partial charge in [-0.15, -0.1) is 0 Å². The first kappa shape index (κ1) is 23.3. The van der Waals surface area contributed by atoms with Gasteiger partial charge in [0.25, 0.3) is 5.91 Å². The maximum Gasteiger partial charge on any atom is 0.261 e. The number of nitrogens with zero attached hydrogens (tertiary/aromatic N) is 1. The molecule has 0 unspecified atom stereocenters. The third-order valence-corrected chi connectivity index (χ3v) is 5.06. The van der Waals surface area contributed by atoms with E-state index in [4.69, 9.17) is 9.47 Å². The van der Waals surface area contributed by atoms with Crippen LogP contribution in [0.5, 0.6) is 11.5 Å². The van der Waals surface area contributed by atoms with Gasteiger partial charge in [0, 0.05) is 13.1 Å². The van der Waals surface area contributed by atoms with E-state index in [0.717, 1.165) is 16.7 Å². The zero-order valence-electron chi connectivity index (χ0n) is 18.5. The van der Waals surface area contributed by atoms with Crippen LogP contribution in [0.4, 0.5) is 0 Å². The molecule has 6 nitrogen and oxygen atoms in total. The van der Waals surface area contributed by atoms with Crippen molar-refractivity contribution in [2.75, 3.05) is 20.3 Å². The second-order valence-corrected chi connectivity index (χ2v) is 7.23. The van der Waals surface area contributed by atoms with E-state index >= 15 is 0 Å². The van der Waals surface area contributed by atoms with Crippen molar-refractivity contribution in [2.24, 2.45) is 0 Å². The molecule has 162 valence electrons. The van der Waals surface area contributed by atoms with Crippen LogP contribution in [-0.2, 0) is 16.1 Å². The van der Waals surface area contributed by atoms with Gasteiger partial charge in [0.15, 0.2) is 6.61 Å². The van der Waals surface area contributed by atoms with Crippen molar-refractivity contribution in [1.82, 2.24) is 10.2 Å². The summed E-state index contributed by atoms with van der Waals surface area (Å²) in [6, 6.07) is 12.7. The van der Waals surface area contributed by atoms with Crippen LogP contribution in [0.3, 0.4) is 0 Å². The van der Waals surface area contributed by atoms with Crippen LogP contribution in [0.1, 0.15) is 37.0 Å². The van der Waals surface area contributed by atoms with Crippen LogP contribution < -0.4 is 14.8 Å². The standard InChI is InChI=1S/C24H32N2O4/c1-6-22(24(28)25-7-2)26(15-19-9-8-10-20(14-19)29-5)23(27)16-30-21-12-11-17(3)18(4)13-21/h8-14,22H,6-7,15-16H2,1-5H3,(H,25,28)/t22-/m1/s1. The van der Waals surface area contributed by atoms with Gasteiger partial charge < -0.3 is 19.7 Å². The lowest BCUT2D eigenvalue weighted by atomic mass is 10.1. The summed E-state index contributed by atoms with van der Waals surface area (Å²) >= 11 is 0. The van der Waals surface area contributed by atoms with Crippen molar-refractivity contribution in [1.29, 1.82) is 0 Å². The number of benzene rings is 2. The summed E-state index contributed by atoms with van der Waals surface area (Å²) in [7, 11) is 1.60. The molecule has 0 radical (unpaired) electrons. The topological polar surface area (TPSA) is 67.9 Å². The minimum Gasteiger partial charge on any atom is -0.497 e. The number of rotatable bonds is 10. The fraction of sp³-hybridized carbons (Fsp3) is 0.417. The maximum atomic E-state index is 13.1. The third-order valence-electron chi connectivity index (χ3n) is 5.06. The lowest BCUT2D eigenvalue weighted by molar-refractivity contribution is -0.142. The number of methoxy groups -OCH3 is 1. The van der Waals surface area contributed by atoms with Gasteiger partial charge >= 0.3 is 0 Å². The molecule has 0 fully saturated rings. The molecule has 2 amide bonds. The summed E-state index contributed by atoms with van der Waals surface area (Å²) in [6.07, 6.45) is 0.505. The lowest BCUT2D eigenvalue weighted by Gasteiger charge is -2.30. The van der Waals surface area contributed by atoms with Crippen LogP contribution in [0.2, 0.25) is 0 Å². The number of likely N-dealkylation sites (N-methyl/N-ethyl adjacent to an activating group) is 1. The highest BCUT2D eigenvalue weighted by Gasteiger charge is 2.28. The summed E-state index contributed by atoms with van der Waals surface area (Å²) in [4.78, 5) is 27.3. The Balaban J connectivity index is 2.22. The Kier molecular flexibility index (Phi) is 8.71. The van der Waals surface area contributed by atoms with Crippen molar-refractivity contribution in [3.63, 3.8) is 0 Å². The van der Waals surface area contributed by atoms with Crippen molar-refractivity contribution >= 4 is 11.8 Å². The molecule has 1 N–H and O–H groups in total. The molecule has 0 heterocycles. The van der Waals surface area contributed by atoms with Gasteiger partial charge in [-0.3, -0.25) is 9.59 Å². The number of amides is 2. The molecule has 1 atom stereocenters. The second-order valence-electron chi connectivity index (χ2n) is 7.23. The quantitative estimate of drug-likeness (QED) is 0.647. The zero-order chi connectivity index (χ0) is 22.1. The van der Waals surface area contributed by atoms with E-state index in [9.17, 15) is 9.59 Å². The summed E-state index contributed by atoms with van der Waals surface area (Å²) in [5.41, 5.74) is 3.15. The zero-order valence-corrected chi connectivity index (χ0v) is 18.5. The highest BCUT2D eigenvalue weighted by molar-refractivity contribution is 5.88. The first-order chi connectivity index (χ1) is 14.4. The Hall–Kier alpha value is -3.02. The fourth-order valence-electron chi connectivity index (χ4n) is 3.21. The molecular weight excluding hydrogens is 380 g/mol. The Bertz CT molecular complexity index is 866. The molecule has 0 aromatic heterocycles. The normalized spacial score (nSPS) is 11.5. The Labute approximate surface area is 179 Å². The van der Waals surface area contributed by atoms with Crippen LogP contribution in [0.25, 0.3) is 0 Å². The summed E-state index contributed by atoms with van der Waals surface area (Å²) in [5, 5.41) is 2.83. The number of hydrogen-bond donors (Lipinski definition) is 1. The Morgan fingerprint density at radius 3 is 2.43 bits per heavy atom. The molecule has 0 aliphatic carbocycles. The molecule has 0 saturated heterocycles. The van der Waals surface area contributed by atoms with Gasteiger partial charge in [0.2, 0.25) is 5.91 Å². The molecule has 0 aliphatic rings. The average Bonchev–Trinajstić information content (AvgIpc) is 2.74. The lowest BCUT2D eigenvalue weighted by Crippen LogP contribution is -2.50. The third kappa shape index (κ3) is 6.24. The molecule has 30 heavy (non-hydrogen) atoms. The van der Waals surface area contributed by atoms with Crippen molar-refractivity contribution in [2.45, 2.75) is 46.7 Å². The molecule has 0 spiro atoms. The predicted molar refractivity (Wildman–Crippen MR) is 118 cm³/mol. The van der Waals surface area contributed by atoms with Crippen LogP contribution in [-0.4, -0.2) is 43.0 Å². The number of nitrogens with one attached hydrogen (secondary N) is 1. The number of ether oxygens (including phenoxy) is 2. The van der Waals surface area contributed by atoms with Crippen LogP contribution >= 0.6 is 0 Å². The van der Waals surface area contributed by atoms with E-state index < -0.39 is 6.04 Å². The molecule has 0 saturated carbocycles. The van der Waals surface area contributed by atoms with Gasteiger partial charge in [-0.2, -0.15) is 0 Å². The van der Waals surface area contributed by atoms with Gasteiger partial charge in [0.05, 0.1) is 7.11 Å². The Morgan fingerprint density at radius 1 is 1.03 bits per heavy atom. The largest absolute Gasteiger partial charge is 0.497 e. The van der Waals surface area contributed by atoms with Gasteiger partial charge in [-0.1, -0.05) is 25.1 Å². The molecular formula is C24H32N2O4.